The van der Waals surface area contributed by atoms with E-state index in [-0.39, 0.29) is 11.4 Å². The molecular formula is C13H18O2S3. The van der Waals surface area contributed by atoms with Crippen LogP contribution in [0.5, 0.6) is 0 Å². The summed E-state index contributed by atoms with van der Waals surface area (Å²) in [5, 5.41) is -0.216. The van der Waals surface area contributed by atoms with E-state index >= 15 is 0 Å². The van der Waals surface area contributed by atoms with Gasteiger partial charge in [-0.2, -0.15) is 0 Å². The predicted molar refractivity (Wildman–Crippen MR) is 83.8 cm³/mol. The molecule has 18 heavy (non-hydrogen) atoms. The molecule has 2 nitrogen and oxygen atoms in total. The lowest BCUT2D eigenvalue weighted by Gasteiger charge is -2.19. The molecule has 0 spiro atoms. The zero-order chi connectivity index (χ0) is 13.5. The average Bonchev–Trinajstić information content (AvgIpc) is 2.38. The van der Waals surface area contributed by atoms with E-state index in [9.17, 15) is 4.79 Å². The van der Waals surface area contributed by atoms with Gasteiger partial charge in [0.15, 0.2) is 0 Å². The predicted octanol–water partition coefficient (Wildman–Crippen LogP) is 5.01. The molecule has 1 aromatic rings. The highest BCUT2D eigenvalue weighted by Gasteiger charge is 2.16. The Balaban J connectivity index is 2.64. The Morgan fingerprint density at radius 3 is 2.67 bits per heavy atom. The van der Waals surface area contributed by atoms with Crippen molar-refractivity contribution in [2.24, 2.45) is 0 Å². The van der Waals surface area contributed by atoms with Gasteiger partial charge < -0.3 is 4.74 Å². The third kappa shape index (κ3) is 4.78. The van der Waals surface area contributed by atoms with Gasteiger partial charge in [-0.05, 0) is 48.9 Å². The monoisotopic (exact) mass is 302 g/mol. The third-order valence-electron chi connectivity index (χ3n) is 2.70. The zero-order valence-electron chi connectivity index (χ0n) is 10.8. The van der Waals surface area contributed by atoms with Crippen LogP contribution in [0.1, 0.15) is 31.7 Å². The highest BCUT2D eigenvalue weighted by Crippen LogP contribution is 2.33. The smallest absolute Gasteiger partial charge is 0.367 e. The van der Waals surface area contributed by atoms with Crippen molar-refractivity contribution in [2.45, 2.75) is 37.2 Å². The molecule has 0 aliphatic rings. The van der Waals surface area contributed by atoms with Crippen LogP contribution in [-0.2, 0) is 4.74 Å². The minimum atomic E-state index is -0.216. The number of benzene rings is 1. The minimum absolute atomic E-state index is 0.0714. The maximum atomic E-state index is 11.2. The van der Waals surface area contributed by atoms with E-state index in [1.165, 1.54) is 16.4 Å². The van der Waals surface area contributed by atoms with Gasteiger partial charge in [0.2, 0.25) is 0 Å². The summed E-state index contributed by atoms with van der Waals surface area (Å²) in [4.78, 5) is 12.4. The highest BCUT2D eigenvalue weighted by atomic mass is 33.1. The first kappa shape index (κ1) is 15.8. The summed E-state index contributed by atoms with van der Waals surface area (Å²) in [7, 11) is 1.45. The molecule has 0 radical (unpaired) electrons. The molecule has 0 amide bonds. The maximum Gasteiger partial charge on any atom is 0.367 e. The fourth-order valence-electron chi connectivity index (χ4n) is 1.86. The van der Waals surface area contributed by atoms with Crippen molar-refractivity contribution in [3.63, 3.8) is 0 Å². The number of carbonyl (C=O) groups is 1. The number of thiol groups is 1. The second-order valence-electron chi connectivity index (χ2n) is 4.15. The Morgan fingerprint density at radius 1 is 1.39 bits per heavy atom. The van der Waals surface area contributed by atoms with Crippen molar-refractivity contribution < 1.29 is 9.53 Å². The van der Waals surface area contributed by atoms with Crippen LogP contribution < -0.4 is 0 Å². The number of hydrogen-bond donors (Lipinski definition) is 1. The van der Waals surface area contributed by atoms with Crippen LogP contribution in [0.25, 0.3) is 0 Å². The van der Waals surface area contributed by atoms with Gasteiger partial charge in [0.05, 0.1) is 0 Å². The molecule has 2 unspecified atom stereocenters. The lowest BCUT2D eigenvalue weighted by Crippen LogP contribution is -2.14. The van der Waals surface area contributed by atoms with Crippen LogP contribution in [0.4, 0.5) is 4.79 Å². The van der Waals surface area contributed by atoms with Crippen LogP contribution in [0, 0.1) is 0 Å². The Kier molecular flexibility index (Phi) is 7.04. The molecule has 5 heteroatoms. The summed E-state index contributed by atoms with van der Waals surface area (Å²) in [5.74, 6) is 0.338. The van der Waals surface area contributed by atoms with Crippen LogP contribution >= 0.6 is 34.2 Å². The summed E-state index contributed by atoms with van der Waals surface area (Å²) >= 11 is 5.37. The van der Waals surface area contributed by atoms with Gasteiger partial charge >= 0.3 is 5.30 Å². The van der Waals surface area contributed by atoms with E-state index in [4.69, 9.17) is 4.74 Å². The summed E-state index contributed by atoms with van der Waals surface area (Å²) < 4.78 is 5.26. The number of hydrogen-bond acceptors (Lipinski definition) is 5. The molecule has 0 fully saturated rings. The molecule has 0 N–H and O–H groups in total. The van der Waals surface area contributed by atoms with Gasteiger partial charge in [0, 0.05) is 4.90 Å². The first-order valence-corrected chi connectivity index (χ1v) is 8.82. The lowest BCUT2D eigenvalue weighted by molar-refractivity contribution is 0.124. The normalized spacial score (nSPS) is 14.0. The van der Waals surface area contributed by atoms with Gasteiger partial charge in [-0.3, -0.25) is 0 Å². The lowest BCUT2D eigenvalue weighted by atomic mass is 9.95. The number of carbonyl (C=O) groups excluding carboxylic acids is 1. The molecule has 2 atom stereocenters. The first-order chi connectivity index (χ1) is 8.58. The van der Waals surface area contributed by atoms with Crippen LogP contribution in [-0.4, -0.2) is 17.7 Å². The third-order valence-corrected chi connectivity index (χ3v) is 4.29. The van der Waals surface area contributed by atoms with Gasteiger partial charge in [-0.1, -0.05) is 35.9 Å². The average molecular weight is 302 g/mol. The minimum Gasteiger partial charge on any atom is -0.455 e. The van der Waals surface area contributed by atoms with E-state index < -0.39 is 0 Å². The number of ether oxygens (including phenoxy) is 1. The van der Waals surface area contributed by atoms with Crippen molar-refractivity contribution >= 4 is 39.5 Å². The standard InChI is InChI=1S/C13H18O2S3/c1-9(8-10(2)15-13(14)17-3)11-6-4-5-7-12(11)18-16/h4-7,9-10,16H,8H2,1-3H3. The van der Waals surface area contributed by atoms with E-state index in [1.54, 1.807) is 6.26 Å². The number of rotatable bonds is 5. The molecule has 0 aliphatic carbocycles. The van der Waals surface area contributed by atoms with Gasteiger partial charge in [0.25, 0.3) is 0 Å². The Morgan fingerprint density at radius 2 is 2.06 bits per heavy atom. The number of thioether (sulfide) groups is 1. The van der Waals surface area contributed by atoms with E-state index in [0.29, 0.717) is 5.92 Å². The topological polar surface area (TPSA) is 26.3 Å². The molecule has 0 heterocycles. The SMILES string of the molecule is CSC(=O)OC(C)CC(C)c1ccccc1SS. The van der Waals surface area contributed by atoms with Gasteiger partial charge in [-0.25, -0.2) is 4.79 Å². The van der Waals surface area contributed by atoms with Crippen LogP contribution in [0.2, 0.25) is 0 Å². The quantitative estimate of drug-likeness (QED) is 0.470. The molecule has 0 aliphatic heterocycles. The van der Waals surface area contributed by atoms with Crippen LogP contribution in [0.3, 0.4) is 0 Å². The van der Waals surface area contributed by atoms with Crippen LogP contribution in [0.15, 0.2) is 29.2 Å². The molecule has 0 aromatic heterocycles. The molecule has 1 aromatic carbocycles. The van der Waals surface area contributed by atoms with E-state index in [2.05, 4.69) is 30.7 Å². The van der Waals surface area contributed by atoms with Gasteiger partial charge in [0.1, 0.15) is 6.10 Å². The van der Waals surface area contributed by atoms with Crippen molar-refractivity contribution in [1.29, 1.82) is 0 Å². The summed E-state index contributed by atoms with van der Waals surface area (Å²) in [6.45, 7) is 4.08. The maximum absolute atomic E-state index is 11.2. The van der Waals surface area contributed by atoms with E-state index in [0.717, 1.165) is 23.1 Å². The highest BCUT2D eigenvalue weighted by molar-refractivity contribution is 8.68. The fraction of sp³-hybridized carbons (Fsp3) is 0.462. The fourth-order valence-corrected chi connectivity index (χ4v) is 3.13. The molecule has 100 valence electrons. The molecular weight excluding hydrogens is 284 g/mol. The molecule has 0 saturated carbocycles. The van der Waals surface area contributed by atoms with Gasteiger partial charge in [-0.15, -0.1) is 11.7 Å². The molecule has 0 saturated heterocycles. The van der Waals surface area contributed by atoms with Crippen molar-refractivity contribution in [1.82, 2.24) is 0 Å². The Labute approximate surface area is 122 Å². The summed E-state index contributed by atoms with van der Waals surface area (Å²) in [6.07, 6.45) is 2.47. The Bertz CT molecular complexity index is 396. The Hall–Kier alpha value is -0.260. The molecule has 0 bridgehead atoms. The second-order valence-corrected chi connectivity index (χ2v) is 6.06. The van der Waals surface area contributed by atoms with Crippen molar-refractivity contribution in [2.75, 3.05) is 6.26 Å². The first-order valence-electron chi connectivity index (χ1n) is 5.73. The van der Waals surface area contributed by atoms with Crippen molar-refractivity contribution in [3.8, 4) is 0 Å². The zero-order valence-corrected chi connectivity index (χ0v) is 13.3. The van der Waals surface area contributed by atoms with Crippen molar-refractivity contribution in [3.05, 3.63) is 29.8 Å². The second kappa shape index (κ2) is 8.02. The van der Waals surface area contributed by atoms with E-state index in [1.807, 2.05) is 19.1 Å². The summed E-state index contributed by atoms with van der Waals surface area (Å²) in [5.41, 5.74) is 1.25. The largest absolute Gasteiger partial charge is 0.455 e. The summed E-state index contributed by atoms with van der Waals surface area (Å²) in [6, 6.07) is 8.19. The molecule has 1 rings (SSSR count).